The molecule has 0 saturated carbocycles. The van der Waals surface area contributed by atoms with Gasteiger partial charge in [0.2, 0.25) is 5.91 Å². The Morgan fingerprint density at radius 1 is 1.12 bits per heavy atom. The van der Waals surface area contributed by atoms with E-state index in [2.05, 4.69) is 10.2 Å². The summed E-state index contributed by atoms with van der Waals surface area (Å²) in [6.45, 7) is 2.92. The lowest BCUT2D eigenvalue weighted by molar-refractivity contribution is -0.385. The van der Waals surface area contributed by atoms with Crippen molar-refractivity contribution in [2.75, 3.05) is 30.4 Å². The number of imide groups is 1. The zero-order chi connectivity index (χ0) is 24.6. The first-order valence-electron chi connectivity index (χ1n) is 10.7. The fraction of sp³-hybridized carbons (Fsp3) is 0.304. The van der Waals surface area contributed by atoms with Crippen molar-refractivity contribution in [2.45, 2.75) is 25.8 Å². The van der Waals surface area contributed by atoms with Crippen LogP contribution in [0.3, 0.4) is 0 Å². The predicted octanol–water partition coefficient (Wildman–Crippen LogP) is 2.60. The van der Waals surface area contributed by atoms with Crippen LogP contribution in [0.15, 0.2) is 36.4 Å². The van der Waals surface area contributed by atoms with Gasteiger partial charge < -0.3 is 15.0 Å². The van der Waals surface area contributed by atoms with Crippen molar-refractivity contribution in [1.82, 2.24) is 4.90 Å². The summed E-state index contributed by atoms with van der Waals surface area (Å²) < 4.78 is 4.77. The Hall–Kier alpha value is -4.28. The Kier molecular flexibility index (Phi) is 6.01. The molecule has 3 amide bonds. The van der Waals surface area contributed by atoms with Gasteiger partial charge >= 0.3 is 5.97 Å². The van der Waals surface area contributed by atoms with Gasteiger partial charge in [0.1, 0.15) is 11.6 Å². The number of fused-ring (bicyclic) bond motifs is 1. The maximum Gasteiger partial charge on any atom is 0.337 e. The molecule has 0 aromatic heterocycles. The molecule has 4 rings (SSSR count). The maximum atomic E-state index is 13.2. The van der Waals surface area contributed by atoms with E-state index in [1.165, 1.54) is 32.2 Å². The van der Waals surface area contributed by atoms with Crippen molar-refractivity contribution < 1.29 is 28.8 Å². The van der Waals surface area contributed by atoms with E-state index in [1.807, 2.05) is 0 Å². The lowest BCUT2D eigenvalue weighted by Gasteiger charge is -2.25. The van der Waals surface area contributed by atoms with Crippen LogP contribution in [-0.4, -0.2) is 59.8 Å². The molecule has 0 spiro atoms. The molecule has 2 aliphatic rings. The van der Waals surface area contributed by atoms with Crippen LogP contribution in [0.25, 0.3) is 0 Å². The van der Waals surface area contributed by atoms with Crippen LogP contribution in [0.1, 0.15) is 50.8 Å². The molecule has 0 aliphatic carbocycles. The van der Waals surface area contributed by atoms with E-state index in [-0.39, 0.29) is 16.7 Å². The Balaban J connectivity index is 1.63. The number of benzene rings is 2. The highest BCUT2D eigenvalue weighted by molar-refractivity contribution is 6.25. The molecule has 1 atom stereocenters. The molecule has 1 unspecified atom stereocenters. The van der Waals surface area contributed by atoms with Gasteiger partial charge in [-0.15, -0.1) is 0 Å². The van der Waals surface area contributed by atoms with Crippen molar-refractivity contribution in [1.29, 1.82) is 0 Å². The minimum atomic E-state index is -1.26. The number of nitro groups is 1. The Morgan fingerprint density at radius 3 is 2.47 bits per heavy atom. The molecule has 1 fully saturated rings. The summed E-state index contributed by atoms with van der Waals surface area (Å²) in [4.78, 5) is 64.4. The Bertz CT molecular complexity index is 1220. The van der Waals surface area contributed by atoms with E-state index in [9.17, 15) is 29.3 Å². The number of nitrogens with zero attached hydrogens (tertiary/aromatic N) is 3. The molecule has 2 heterocycles. The van der Waals surface area contributed by atoms with Gasteiger partial charge in [0.25, 0.3) is 17.5 Å². The number of methoxy groups -OCH3 is 1. The molecule has 176 valence electrons. The summed E-state index contributed by atoms with van der Waals surface area (Å²) in [5, 5.41) is 14.1. The number of ether oxygens (including phenoxy) is 1. The first-order valence-corrected chi connectivity index (χ1v) is 10.7. The second kappa shape index (κ2) is 8.93. The fourth-order valence-electron chi connectivity index (χ4n) is 4.26. The van der Waals surface area contributed by atoms with Crippen molar-refractivity contribution in [3.05, 3.63) is 63.2 Å². The average Bonchev–Trinajstić information content (AvgIpc) is 3.45. The molecule has 1 N–H and O–H groups in total. The van der Waals surface area contributed by atoms with Gasteiger partial charge in [-0.3, -0.25) is 29.4 Å². The van der Waals surface area contributed by atoms with Gasteiger partial charge in [-0.25, -0.2) is 4.79 Å². The topological polar surface area (TPSA) is 139 Å². The molecule has 34 heavy (non-hydrogen) atoms. The van der Waals surface area contributed by atoms with Crippen LogP contribution >= 0.6 is 0 Å². The van der Waals surface area contributed by atoms with Gasteiger partial charge in [0.05, 0.1) is 34.5 Å². The quantitative estimate of drug-likeness (QED) is 0.297. The molecule has 2 aliphatic heterocycles. The number of hydrogen-bond donors (Lipinski definition) is 1. The number of hydrogen-bond acceptors (Lipinski definition) is 8. The van der Waals surface area contributed by atoms with E-state index in [0.717, 1.165) is 32.0 Å². The summed E-state index contributed by atoms with van der Waals surface area (Å²) >= 11 is 0. The van der Waals surface area contributed by atoms with E-state index >= 15 is 0 Å². The second-order valence-electron chi connectivity index (χ2n) is 8.02. The Labute approximate surface area is 194 Å². The number of esters is 1. The first-order chi connectivity index (χ1) is 16.2. The normalized spacial score (nSPS) is 15.8. The summed E-state index contributed by atoms with van der Waals surface area (Å²) in [6, 6.07) is 7.30. The first kappa shape index (κ1) is 22.9. The minimum absolute atomic E-state index is 0.121. The number of nitrogens with one attached hydrogen (secondary N) is 1. The van der Waals surface area contributed by atoms with Crippen LogP contribution in [0.2, 0.25) is 0 Å². The molecule has 11 heteroatoms. The highest BCUT2D eigenvalue weighted by atomic mass is 16.6. The number of carbonyl (C=O) groups excluding carboxylic acids is 4. The standard InChI is InChI=1S/C23H22N4O7/c1-13(26-21(29)15-6-5-7-18(27(32)33)19(15)22(26)30)20(28)24-16-12-14(23(31)34-2)8-9-17(16)25-10-3-4-11-25/h5-9,12-13H,3-4,10-11H2,1-2H3,(H,24,28). The van der Waals surface area contributed by atoms with Gasteiger partial charge in [-0.2, -0.15) is 0 Å². The monoisotopic (exact) mass is 466 g/mol. The summed E-state index contributed by atoms with van der Waals surface area (Å²) in [5.41, 5.74) is 0.317. The van der Waals surface area contributed by atoms with Crippen LogP contribution in [0.4, 0.5) is 17.1 Å². The predicted molar refractivity (Wildman–Crippen MR) is 121 cm³/mol. The van der Waals surface area contributed by atoms with Crippen LogP contribution in [0, 0.1) is 10.1 Å². The van der Waals surface area contributed by atoms with Crippen molar-refractivity contribution in [3.63, 3.8) is 0 Å². The lowest BCUT2D eigenvalue weighted by atomic mass is 10.1. The molecule has 0 radical (unpaired) electrons. The number of amides is 3. The summed E-state index contributed by atoms with van der Waals surface area (Å²) in [5.74, 6) is -2.95. The van der Waals surface area contributed by atoms with E-state index in [4.69, 9.17) is 4.74 Å². The summed E-state index contributed by atoms with van der Waals surface area (Å²) in [6.07, 6.45) is 1.97. The van der Waals surface area contributed by atoms with E-state index < -0.39 is 40.3 Å². The molecular formula is C23H22N4O7. The molecule has 1 saturated heterocycles. The minimum Gasteiger partial charge on any atom is -0.465 e. The third-order valence-electron chi connectivity index (χ3n) is 6.01. The third-order valence-corrected chi connectivity index (χ3v) is 6.01. The van der Waals surface area contributed by atoms with Gasteiger partial charge in [0.15, 0.2) is 0 Å². The van der Waals surface area contributed by atoms with Crippen LogP contribution < -0.4 is 10.2 Å². The average molecular weight is 466 g/mol. The second-order valence-corrected chi connectivity index (χ2v) is 8.02. The van der Waals surface area contributed by atoms with E-state index in [0.29, 0.717) is 16.3 Å². The van der Waals surface area contributed by atoms with Gasteiger partial charge in [0, 0.05) is 19.2 Å². The summed E-state index contributed by atoms with van der Waals surface area (Å²) in [7, 11) is 1.25. The number of carbonyl (C=O) groups is 4. The fourth-order valence-corrected chi connectivity index (χ4v) is 4.26. The van der Waals surface area contributed by atoms with Gasteiger partial charge in [-0.1, -0.05) is 6.07 Å². The highest BCUT2D eigenvalue weighted by Gasteiger charge is 2.45. The van der Waals surface area contributed by atoms with Crippen LogP contribution in [-0.2, 0) is 9.53 Å². The SMILES string of the molecule is COC(=O)c1ccc(N2CCCC2)c(NC(=O)C(C)N2C(=O)c3cccc([N+](=O)[O-])c3C2=O)c1. The number of rotatable bonds is 6. The van der Waals surface area contributed by atoms with Crippen LogP contribution in [0.5, 0.6) is 0 Å². The molecular weight excluding hydrogens is 444 g/mol. The Morgan fingerprint density at radius 2 is 1.82 bits per heavy atom. The largest absolute Gasteiger partial charge is 0.465 e. The molecule has 2 aromatic rings. The zero-order valence-corrected chi connectivity index (χ0v) is 18.6. The molecule has 11 nitrogen and oxygen atoms in total. The molecule has 2 aromatic carbocycles. The van der Waals surface area contributed by atoms with E-state index in [1.54, 1.807) is 12.1 Å². The zero-order valence-electron chi connectivity index (χ0n) is 18.6. The highest BCUT2D eigenvalue weighted by Crippen LogP contribution is 2.33. The third kappa shape index (κ3) is 3.85. The van der Waals surface area contributed by atoms with Crippen molar-refractivity contribution >= 4 is 40.8 Å². The molecule has 0 bridgehead atoms. The smallest absolute Gasteiger partial charge is 0.337 e. The van der Waals surface area contributed by atoms with Gasteiger partial charge in [-0.05, 0) is 44.0 Å². The maximum absolute atomic E-state index is 13.2. The van der Waals surface area contributed by atoms with Crippen molar-refractivity contribution in [2.24, 2.45) is 0 Å². The lowest BCUT2D eigenvalue weighted by Crippen LogP contribution is -2.45. The van der Waals surface area contributed by atoms with Crippen molar-refractivity contribution in [3.8, 4) is 0 Å². The number of nitro benzene ring substituents is 1. The number of anilines is 2.